The summed E-state index contributed by atoms with van der Waals surface area (Å²) < 4.78 is 40.5. The Morgan fingerprint density at radius 3 is 2.09 bits per heavy atom. The molecule has 1 fully saturated rings. The standard InChI is InChI=1S/C10H17NO10S/c1-4(12)19-8-6(3-18-22(11,16)17)21-10(15)7(14)9(8)20-5(2)13/h6-10,14-15H,3H2,1-2H3,(H2,11,16,17)/t6-,7+,8-,9-,10+/m1/s1. The molecule has 0 amide bonds. The van der Waals surface area contributed by atoms with Gasteiger partial charge < -0.3 is 24.4 Å². The smallest absolute Gasteiger partial charge is 0.333 e. The summed E-state index contributed by atoms with van der Waals surface area (Å²) in [6.45, 7) is 1.35. The Bertz CT molecular complexity index is 520. The van der Waals surface area contributed by atoms with E-state index in [1.54, 1.807) is 0 Å². The van der Waals surface area contributed by atoms with E-state index in [0.717, 1.165) is 13.8 Å². The maximum atomic E-state index is 11.1. The zero-order valence-corrected chi connectivity index (χ0v) is 12.6. The van der Waals surface area contributed by atoms with Crippen LogP contribution in [0.15, 0.2) is 0 Å². The first kappa shape index (κ1) is 18.7. The number of esters is 2. The molecule has 0 unspecified atom stereocenters. The summed E-state index contributed by atoms with van der Waals surface area (Å²) in [7, 11) is -4.32. The molecule has 0 aliphatic carbocycles. The highest BCUT2D eigenvalue weighted by molar-refractivity contribution is 7.84. The van der Waals surface area contributed by atoms with Gasteiger partial charge in [0.1, 0.15) is 12.2 Å². The Hall–Kier alpha value is -1.31. The van der Waals surface area contributed by atoms with Crippen molar-refractivity contribution >= 4 is 22.2 Å². The van der Waals surface area contributed by atoms with Gasteiger partial charge in [-0.1, -0.05) is 0 Å². The average molecular weight is 343 g/mol. The summed E-state index contributed by atoms with van der Waals surface area (Å²) in [6, 6.07) is 0. The summed E-state index contributed by atoms with van der Waals surface area (Å²) in [5, 5.41) is 24.0. The lowest BCUT2D eigenvalue weighted by Gasteiger charge is -2.41. The van der Waals surface area contributed by atoms with Gasteiger partial charge in [-0.25, -0.2) is 5.14 Å². The maximum absolute atomic E-state index is 11.1. The largest absolute Gasteiger partial charge is 0.456 e. The van der Waals surface area contributed by atoms with Crippen molar-refractivity contribution in [2.45, 2.75) is 44.6 Å². The summed E-state index contributed by atoms with van der Waals surface area (Å²) in [5.41, 5.74) is 0. The predicted octanol–water partition coefficient (Wildman–Crippen LogP) is -2.85. The number of ether oxygens (including phenoxy) is 3. The monoisotopic (exact) mass is 343 g/mol. The quantitative estimate of drug-likeness (QED) is 0.441. The van der Waals surface area contributed by atoms with Crippen molar-refractivity contribution in [1.29, 1.82) is 0 Å². The fourth-order valence-corrected chi connectivity index (χ4v) is 2.19. The van der Waals surface area contributed by atoms with Crippen LogP contribution < -0.4 is 5.14 Å². The Balaban J connectivity index is 2.99. The lowest BCUT2D eigenvalue weighted by Crippen LogP contribution is -2.61. The first-order chi connectivity index (χ1) is 10.0. The summed E-state index contributed by atoms with van der Waals surface area (Å²) in [6.07, 6.45) is -7.74. The fourth-order valence-electron chi connectivity index (χ4n) is 1.86. The van der Waals surface area contributed by atoms with Crippen LogP contribution in [0.2, 0.25) is 0 Å². The van der Waals surface area contributed by atoms with Crippen LogP contribution in [0.5, 0.6) is 0 Å². The van der Waals surface area contributed by atoms with Crippen molar-refractivity contribution in [3.8, 4) is 0 Å². The molecular weight excluding hydrogens is 326 g/mol. The molecule has 0 radical (unpaired) electrons. The minimum absolute atomic E-state index is 0.724. The first-order valence-corrected chi connectivity index (χ1v) is 7.51. The number of aliphatic hydroxyl groups excluding tert-OH is 2. The van der Waals surface area contributed by atoms with Crippen LogP contribution in [-0.4, -0.2) is 67.9 Å². The van der Waals surface area contributed by atoms with Crippen molar-refractivity contribution < 1.29 is 46.6 Å². The van der Waals surface area contributed by atoms with Crippen LogP contribution in [0.3, 0.4) is 0 Å². The molecular formula is C10H17NO10S. The number of nitrogens with two attached hydrogens (primary N) is 1. The highest BCUT2D eigenvalue weighted by Gasteiger charge is 2.49. The molecule has 1 rings (SSSR count). The Morgan fingerprint density at radius 2 is 1.64 bits per heavy atom. The molecule has 128 valence electrons. The van der Waals surface area contributed by atoms with Crippen molar-refractivity contribution in [2.75, 3.05) is 6.61 Å². The number of hydrogen-bond acceptors (Lipinski definition) is 10. The van der Waals surface area contributed by atoms with E-state index in [4.69, 9.17) is 14.2 Å². The Morgan fingerprint density at radius 1 is 1.14 bits per heavy atom. The molecule has 0 saturated carbocycles. The van der Waals surface area contributed by atoms with Crippen LogP contribution in [0.25, 0.3) is 0 Å². The molecule has 5 atom stereocenters. The lowest BCUT2D eigenvalue weighted by atomic mass is 9.98. The van der Waals surface area contributed by atoms with E-state index in [2.05, 4.69) is 9.32 Å². The number of carbonyl (C=O) groups is 2. The summed E-state index contributed by atoms with van der Waals surface area (Å²) in [5.74, 6) is -1.63. The van der Waals surface area contributed by atoms with Gasteiger partial charge in [0.15, 0.2) is 18.5 Å². The minimum atomic E-state index is -4.32. The van der Waals surface area contributed by atoms with Crippen molar-refractivity contribution in [2.24, 2.45) is 5.14 Å². The molecule has 4 N–H and O–H groups in total. The number of aliphatic hydroxyl groups is 2. The second-order valence-corrected chi connectivity index (χ2v) is 5.70. The molecule has 0 aromatic heterocycles. The molecule has 1 aliphatic rings. The molecule has 0 bridgehead atoms. The van der Waals surface area contributed by atoms with Crippen LogP contribution in [0, 0.1) is 0 Å². The van der Waals surface area contributed by atoms with Gasteiger partial charge in [-0.2, -0.15) is 8.42 Å². The van der Waals surface area contributed by atoms with Gasteiger partial charge in [-0.05, 0) is 0 Å². The second-order valence-electron chi connectivity index (χ2n) is 4.48. The second kappa shape index (κ2) is 7.30. The van der Waals surface area contributed by atoms with Gasteiger partial charge >= 0.3 is 22.2 Å². The number of rotatable bonds is 5. The van der Waals surface area contributed by atoms with E-state index in [9.17, 15) is 28.2 Å². The number of hydrogen-bond donors (Lipinski definition) is 3. The maximum Gasteiger partial charge on any atom is 0.333 e. The minimum Gasteiger partial charge on any atom is -0.456 e. The number of carbonyl (C=O) groups excluding carboxylic acids is 2. The summed E-state index contributed by atoms with van der Waals surface area (Å²) in [4.78, 5) is 22.2. The van der Waals surface area contributed by atoms with Gasteiger partial charge in [0.2, 0.25) is 0 Å². The van der Waals surface area contributed by atoms with E-state index >= 15 is 0 Å². The fraction of sp³-hybridized carbons (Fsp3) is 0.800. The van der Waals surface area contributed by atoms with Crippen molar-refractivity contribution in [3.05, 3.63) is 0 Å². The van der Waals surface area contributed by atoms with E-state index < -0.39 is 59.6 Å². The highest BCUT2D eigenvalue weighted by Crippen LogP contribution is 2.25. The third-order valence-corrected chi connectivity index (χ3v) is 3.10. The Kier molecular flexibility index (Phi) is 6.22. The molecule has 1 heterocycles. The molecule has 11 nitrogen and oxygen atoms in total. The molecule has 0 spiro atoms. The zero-order valence-electron chi connectivity index (χ0n) is 11.7. The van der Waals surface area contributed by atoms with Crippen LogP contribution in [0.1, 0.15) is 13.8 Å². The van der Waals surface area contributed by atoms with Crippen molar-refractivity contribution in [1.82, 2.24) is 0 Å². The van der Waals surface area contributed by atoms with E-state index in [1.807, 2.05) is 0 Å². The van der Waals surface area contributed by atoms with Gasteiger partial charge in [0.05, 0.1) is 6.61 Å². The highest BCUT2D eigenvalue weighted by atomic mass is 32.2. The topological polar surface area (TPSA) is 172 Å². The first-order valence-electron chi connectivity index (χ1n) is 6.04. The predicted molar refractivity (Wildman–Crippen MR) is 67.1 cm³/mol. The van der Waals surface area contributed by atoms with Gasteiger partial charge in [-0.15, -0.1) is 0 Å². The third-order valence-electron chi connectivity index (χ3n) is 2.63. The van der Waals surface area contributed by atoms with Crippen LogP contribution in [0.4, 0.5) is 0 Å². The Labute approximate surface area is 126 Å². The van der Waals surface area contributed by atoms with Gasteiger partial charge in [0.25, 0.3) is 0 Å². The molecule has 1 aliphatic heterocycles. The van der Waals surface area contributed by atoms with E-state index in [1.165, 1.54) is 0 Å². The molecule has 0 aromatic carbocycles. The molecule has 22 heavy (non-hydrogen) atoms. The SMILES string of the molecule is CC(=O)O[C@@H]1[C@H](O)[C@@H](O)O[C@H](COS(N)(=O)=O)[C@H]1OC(C)=O. The average Bonchev–Trinajstić information content (AvgIpc) is 2.34. The summed E-state index contributed by atoms with van der Waals surface area (Å²) >= 11 is 0. The van der Waals surface area contributed by atoms with E-state index in [0.29, 0.717) is 0 Å². The molecule has 12 heteroatoms. The zero-order chi connectivity index (χ0) is 17.1. The van der Waals surface area contributed by atoms with Crippen LogP contribution >= 0.6 is 0 Å². The van der Waals surface area contributed by atoms with Gasteiger partial charge in [0, 0.05) is 13.8 Å². The van der Waals surface area contributed by atoms with Crippen molar-refractivity contribution in [3.63, 3.8) is 0 Å². The molecule has 0 aromatic rings. The third kappa shape index (κ3) is 5.47. The van der Waals surface area contributed by atoms with Gasteiger partial charge in [-0.3, -0.25) is 13.8 Å². The molecule has 1 saturated heterocycles. The van der Waals surface area contributed by atoms with Crippen LogP contribution in [-0.2, 0) is 38.3 Å². The normalized spacial score (nSPS) is 32.3. The lowest BCUT2D eigenvalue weighted by molar-refractivity contribution is -0.291. The van der Waals surface area contributed by atoms with E-state index in [-0.39, 0.29) is 0 Å².